The van der Waals surface area contributed by atoms with Crippen LogP contribution >= 0.6 is 11.3 Å². The number of anilines is 1. The van der Waals surface area contributed by atoms with Gasteiger partial charge < -0.3 is 0 Å². The minimum absolute atomic E-state index is 0.0348. The fourth-order valence-electron chi connectivity index (χ4n) is 2.29. The molecule has 1 aliphatic rings. The standard InChI is InChI=1S/C14H11N5O5S/c1-2-11-16-17-14(25-11)15-10(20)6-18-12(21)8-4-3-7(19(23)24)5-9(8)13(18)22/h3-5H,2,6H2,1H3,(H,15,17,20). The zero-order valence-corrected chi connectivity index (χ0v) is 13.7. The first-order valence-corrected chi connectivity index (χ1v) is 7.99. The first-order valence-electron chi connectivity index (χ1n) is 7.17. The summed E-state index contributed by atoms with van der Waals surface area (Å²) in [6.07, 6.45) is 0.671. The molecule has 0 saturated heterocycles. The average molecular weight is 361 g/mol. The lowest BCUT2D eigenvalue weighted by Crippen LogP contribution is -2.37. The number of fused-ring (bicyclic) bond motifs is 1. The monoisotopic (exact) mass is 361 g/mol. The maximum Gasteiger partial charge on any atom is 0.270 e. The van der Waals surface area contributed by atoms with Gasteiger partial charge in [-0.2, -0.15) is 0 Å². The number of hydrogen-bond acceptors (Lipinski definition) is 8. The molecule has 2 aromatic rings. The number of aryl methyl sites for hydroxylation is 1. The van der Waals surface area contributed by atoms with Gasteiger partial charge in [0.15, 0.2) is 0 Å². The number of carbonyl (C=O) groups is 3. The van der Waals surface area contributed by atoms with E-state index in [1.807, 2.05) is 6.92 Å². The van der Waals surface area contributed by atoms with Crippen LogP contribution in [0.3, 0.4) is 0 Å². The van der Waals surface area contributed by atoms with Crippen LogP contribution < -0.4 is 5.32 Å². The number of carbonyl (C=O) groups excluding carboxylic acids is 3. The molecule has 0 bridgehead atoms. The summed E-state index contributed by atoms with van der Waals surface area (Å²) >= 11 is 1.20. The van der Waals surface area contributed by atoms with E-state index in [2.05, 4.69) is 15.5 Å². The number of non-ortho nitro benzene ring substituents is 1. The van der Waals surface area contributed by atoms with E-state index in [1.165, 1.54) is 17.4 Å². The molecule has 0 saturated carbocycles. The molecular weight excluding hydrogens is 350 g/mol. The van der Waals surface area contributed by atoms with Crippen LogP contribution in [0.5, 0.6) is 0 Å². The Labute approximate surface area is 144 Å². The van der Waals surface area contributed by atoms with Crippen LogP contribution in [-0.4, -0.2) is 44.3 Å². The predicted molar refractivity (Wildman–Crippen MR) is 86.4 cm³/mol. The predicted octanol–water partition coefficient (Wildman–Crippen LogP) is 1.24. The van der Waals surface area contributed by atoms with Gasteiger partial charge in [0.25, 0.3) is 17.5 Å². The third-order valence-corrected chi connectivity index (χ3v) is 4.47. The molecule has 1 aromatic carbocycles. The molecule has 0 atom stereocenters. The number of hydrogen-bond donors (Lipinski definition) is 1. The van der Waals surface area contributed by atoms with E-state index in [-0.39, 0.29) is 21.9 Å². The molecule has 0 radical (unpaired) electrons. The van der Waals surface area contributed by atoms with E-state index in [1.54, 1.807) is 0 Å². The SMILES string of the molecule is CCc1nnc(NC(=O)CN2C(=O)c3ccc([N+](=O)[O-])cc3C2=O)s1. The van der Waals surface area contributed by atoms with Crippen molar-refractivity contribution >= 4 is 39.9 Å². The van der Waals surface area contributed by atoms with Crippen molar-refractivity contribution in [3.05, 3.63) is 44.4 Å². The molecule has 3 rings (SSSR count). The third-order valence-electron chi connectivity index (χ3n) is 3.48. The van der Waals surface area contributed by atoms with Gasteiger partial charge in [-0.3, -0.25) is 34.7 Å². The average Bonchev–Trinajstić information content (AvgIpc) is 3.13. The Kier molecular flexibility index (Phi) is 4.23. The van der Waals surface area contributed by atoms with Crippen molar-refractivity contribution in [3.63, 3.8) is 0 Å². The quantitative estimate of drug-likeness (QED) is 0.481. The number of nitro benzene ring substituents is 1. The highest BCUT2D eigenvalue weighted by Gasteiger charge is 2.37. The second-order valence-corrected chi connectivity index (χ2v) is 6.15. The Bertz CT molecular complexity index is 909. The maximum absolute atomic E-state index is 12.3. The molecule has 1 aliphatic heterocycles. The highest BCUT2D eigenvalue weighted by molar-refractivity contribution is 7.15. The molecule has 2 heterocycles. The molecular formula is C14H11N5O5S. The van der Waals surface area contributed by atoms with Crippen molar-refractivity contribution in [3.8, 4) is 0 Å². The number of nitrogens with one attached hydrogen (secondary N) is 1. The molecule has 1 N–H and O–H groups in total. The molecule has 0 aliphatic carbocycles. The van der Waals surface area contributed by atoms with Crippen molar-refractivity contribution in [1.29, 1.82) is 0 Å². The Morgan fingerprint density at radius 2 is 2.00 bits per heavy atom. The lowest BCUT2D eigenvalue weighted by Gasteiger charge is -2.12. The lowest BCUT2D eigenvalue weighted by atomic mass is 10.1. The highest BCUT2D eigenvalue weighted by atomic mass is 32.1. The summed E-state index contributed by atoms with van der Waals surface area (Å²) in [4.78, 5) is 47.5. The van der Waals surface area contributed by atoms with Gasteiger partial charge in [-0.25, -0.2) is 0 Å². The molecule has 10 nitrogen and oxygen atoms in total. The van der Waals surface area contributed by atoms with Crippen molar-refractivity contribution in [2.45, 2.75) is 13.3 Å². The number of amides is 3. The van der Waals surface area contributed by atoms with Crippen molar-refractivity contribution in [2.75, 3.05) is 11.9 Å². The summed E-state index contributed by atoms with van der Waals surface area (Å²) in [6.45, 7) is 1.38. The number of imide groups is 1. The van der Waals surface area contributed by atoms with Crippen LogP contribution in [0, 0.1) is 10.1 Å². The minimum Gasteiger partial charge on any atom is -0.299 e. The first kappa shape index (κ1) is 16.6. The van der Waals surface area contributed by atoms with Gasteiger partial charge in [0.05, 0.1) is 16.1 Å². The third kappa shape index (κ3) is 3.08. The van der Waals surface area contributed by atoms with E-state index in [0.717, 1.165) is 22.0 Å². The summed E-state index contributed by atoms with van der Waals surface area (Å²) in [5.41, 5.74) is -0.351. The van der Waals surface area contributed by atoms with Crippen molar-refractivity contribution in [1.82, 2.24) is 15.1 Å². The number of nitrogens with zero attached hydrogens (tertiary/aromatic N) is 4. The van der Waals surface area contributed by atoms with Crippen LogP contribution in [0.15, 0.2) is 18.2 Å². The summed E-state index contributed by atoms with van der Waals surface area (Å²) < 4.78 is 0. The van der Waals surface area contributed by atoms with Gasteiger partial charge in [0.2, 0.25) is 11.0 Å². The van der Waals surface area contributed by atoms with Crippen LogP contribution in [0.25, 0.3) is 0 Å². The largest absolute Gasteiger partial charge is 0.299 e. The maximum atomic E-state index is 12.3. The van der Waals surface area contributed by atoms with Gasteiger partial charge >= 0.3 is 0 Å². The first-order chi connectivity index (χ1) is 11.9. The molecule has 0 fully saturated rings. The number of benzene rings is 1. The Morgan fingerprint density at radius 3 is 2.64 bits per heavy atom. The van der Waals surface area contributed by atoms with Crippen molar-refractivity contribution < 1.29 is 19.3 Å². The van der Waals surface area contributed by atoms with Gasteiger partial charge in [-0.05, 0) is 12.5 Å². The molecule has 128 valence electrons. The summed E-state index contributed by atoms with van der Waals surface area (Å²) in [6, 6.07) is 3.39. The Morgan fingerprint density at radius 1 is 1.28 bits per heavy atom. The van der Waals surface area contributed by atoms with E-state index >= 15 is 0 Å². The fraction of sp³-hybridized carbons (Fsp3) is 0.214. The second kappa shape index (κ2) is 6.36. The zero-order valence-electron chi connectivity index (χ0n) is 12.9. The van der Waals surface area contributed by atoms with E-state index < -0.39 is 29.2 Å². The summed E-state index contributed by atoms with van der Waals surface area (Å²) in [5.74, 6) is -2.02. The van der Waals surface area contributed by atoms with Gasteiger partial charge in [-0.15, -0.1) is 10.2 Å². The molecule has 3 amide bonds. The molecule has 0 spiro atoms. The van der Waals surface area contributed by atoms with E-state index in [9.17, 15) is 24.5 Å². The Balaban J connectivity index is 1.75. The van der Waals surface area contributed by atoms with Crippen LogP contribution in [0.1, 0.15) is 32.6 Å². The van der Waals surface area contributed by atoms with Crippen LogP contribution in [0.2, 0.25) is 0 Å². The van der Waals surface area contributed by atoms with E-state index in [4.69, 9.17) is 0 Å². The van der Waals surface area contributed by atoms with Gasteiger partial charge in [0.1, 0.15) is 11.6 Å². The number of aromatic nitrogens is 2. The topological polar surface area (TPSA) is 135 Å². The number of rotatable bonds is 5. The van der Waals surface area contributed by atoms with Crippen LogP contribution in [-0.2, 0) is 11.2 Å². The molecule has 0 unspecified atom stereocenters. The minimum atomic E-state index is -0.745. The normalized spacial score (nSPS) is 13.1. The highest BCUT2D eigenvalue weighted by Crippen LogP contribution is 2.26. The molecule has 11 heteroatoms. The van der Waals surface area contributed by atoms with Gasteiger partial charge in [0, 0.05) is 12.1 Å². The Hall–Kier alpha value is -3.21. The summed E-state index contributed by atoms with van der Waals surface area (Å²) in [7, 11) is 0. The summed E-state index contributed by atoms with van der Waals surface area (Å²) in [5, 5.41) is 21.9. The smallest absolute Gasteiger partial charge is 0.270 e. The van der Waals surface area contributed by atoms with Gasteiger partial charge in [-0.1, -0.05) is 18.3 Å². The lowest BCUT2D eigenvalue weighted by molar-refractivity contribution is -0.384. The molecule has 25 heavy (non-hydrogen) atoms. The van der Waals surface area contributed by atoms with Crippen LogP contribution in [0.4, 0.5) is 10.8 Å². The van der Waals surface area contributed by atoms with Crippen molar-refractivity contribution in [2.24, 2.45) is 0 Å². The zero-order chi connectivity index (χ0) is 18.1. The van der Waals surface area contributed by atoms with E-state index in [0.29, 0.717) is 6.42 Å². The second-order valence-electron chi connectivity index (χ2n) is 5.09. The fourth-order valence-corrected chi connectivity index (χ4v) is 2.98. The molecule has 1 aromatic heterocycles. The number of nitro groups is 1.